The standard InChI is InChI=1S/C25H28F2N2O5.C19H26N2O5/c1-25(2,3)34-24(31)29-14-21(33-17-9-10-18(26)19(27)13-17)22-20(29)11-12-28(22)23(30)32-15-16-7-5-4-6-8-16;1-19(2,3)26-18(24)21-11-15(22)16-14(21)9-10-20(16)17(23)25-12-13-7-5-4-6-8-13/h4-10,13,20-22H,11-12,14-15H2,1-3H3;4-8,14-16,22H,9-12H2,1-3H3/t20-,21+,22+;14-,15-,16+/m11/s1. The highest BCUT2D eigenvalue weighted by Crippen LogP contribution is 2.37. The molecule has 14 nitrogen and oxygen atoms in total. The van der Waals surface area contributed by atoms with Crippen LogP contribution in [0.5, 0.6) is 5.75 Å². The summed E-state index contributed by atoms with van der Waals surface area (Å²) in [6.07, 6.45) is -2.33. The molecule has 0 aromatic heterocycles. The van der Waals surface area contributed by atoms with Crippen molar-refractivity contribution < 1.29 is 56.7 Å². The number of hydrogen-bond acceptors (Lipinski definition) is 10. The van der Waals surface area contributed by atoms with Gasteiger partial charge in [0.05, 0.1) is 43.4 Å². The highest BCUT2D eigenvalue weighted by atomic mass is 19.2. The van der Waals surface area contributed by atoms with Crippen molar-refractivity contribution in [3.05, 3.63) is 102 Å². The van der Waals surface area contributed by atoms with E-state index >= 15 is 0 Å². The third kappa shape index (κ3) is 10.7. The molecule has 4 heterocycles. The summed E-state index contributed by atoms with van der Waals surface area (Å²) in [7, 11) is 0. The monoisotopic (exact) mass is 836 g/mol. The van der Waals surface area contributed by atoms with Crippen LogP contribution in [0.1, 0.15) is 65.5 Å². The van der Waals surface area contributed by atoms with Crippen molar-refractivity contribution in [1.29, 1.82) is 0 Å². The molecule has 0 bridgehead atoms. The number of rotatable bonds is 6. The SMILES string of the molecule is CC(C)(C)OC(=O)N1C[C@@H](O)[C@@H]2[C@H]1CCN2C(=O)OCc1ccccc1.CC(C)(C)OC(=O)N1C[C@H](Oc2ccc(F)c(F)c2)[C@@H]2[C@H]1CCN2C(=O)OCc1ccccc1. The van der Waals surface area contributed by atoms with E-state index in [4.69, 9.17) is 23.7 Å². The molecule has 0 radical (unpaired) electrons. The molecule has 0 aliphatic carbocycles. The van der Waals surface area contributed by atoms with E-state index in [2.05, 4.69) is 0 Å². The Morgan fingerprint density at radius 1 is 0.617 bits per heavy atom. The van der Waals surface area contributed by atoms with Crippen LogP contribution in [0.4, 0.5) is 28.0 Å². The highest BCUT2D eigenvalue weighted by Gasteiger charge is 2.55. The van der Waals surface area contributed by atoms with Crippen molar-refractivity contribution in [2.75, 3.05) is 26.2 Å². The number of benzene rings is 3. The average Bonchev–Trinajstić information content (AvgIpc) is 3.97. The number of carbonyl (C=O) groups is 4. The fraction of sp³-hybridized carbons (Fsp3) is 0.500. The fourth-order valence-electron chi connectivity index (χ4n) is 8.00. The normalized spacial score (nSPS) is 23.3. The molecule has 4 aliphatic rings. The summed E-state index contributed by atoms with van der Waals surface area (Å²) in [4.78, 5) is 56.9. The van der Waals surface area contributed by atoms with Gasteiger partial charge in [0.2, 0.25) is 0 Å². The number of aliphatic hydroxyl groups excluding tert-OH is 1. The summed E-state index contributed by atoms with van der Waals surface area (Å²) < 4.78 is 55.0. The van der Waals surface area contributed by atoms with Gasteiger partial charge in [-0.05, 0) is 77.6 Å². The number of β-amino-alcohol motifs (C(OH)–C–C–N with tert-alkyl or cyclic N) is 1. The van der Waals surface area contributed by atoms with E-state index in [1.165, 1.54) is 15.9 Å². The van der Waals surface area contributed by atoms with Crippen molar-refractivity contribution in [3.63, 3.8) is 0 Å². The fourth-order valence-corrected chi connectivity index (χ4v) is 8.00. The Morgan fingerprint density at radius 3 is 1.57 bits per heavy atom. The van der Waals surface area contributed by atoms with Crippen molar-refractivity contribution in [1.82, 2.24) is 19.6 Å². The summed E-state index contributed by atoms with van der Waals surface area (Å²) in [5.74, 6) is -1.92. The van der Waals surface area contributed by atoms with Crippen LogP contribution in [0.25, 0.3) is 0 Å². The van der Waals surface area contributed by atoms with E-state index < -0.39 is 71.5 Å². The number of hydrogen-bond donors (Lipinski definition) is 1. The molecule has 6 atom stereocenters. The highest BCUT2D eigenvalue weighted by molar-refractivity contribution is 5.73. The van der Waals surface area contributed by atoms with Gasteiger partial charge in [-0.1, -0.05) is 60.7 Å². The third-order valence-corrected chi connectivity index (χ3v) is 10.5. The van der Waals surface area contributed by atoms with Gasteiger partial charge in [0.1, 0.15) is 36.3 Å². The number of halogens is 2. The van der Waals surface area contributed by atoms with Crippen LogP contribution in [0.15, 0.2) is 78.9 Å². The first-order valence-corrected chi connectivity index (χ1v) is 20.1. The lowest BCUT2D eigenvalue weighted by atomic mass is 10.1. The number of carbonyl (C=O) groups excluding carboxylic acids is 4. The molecule has 3 aromatic carbocycles. The van der Waals surface area contributed by atoms with Gasteiger partial charge in [-0.25, -0.2) is 28.0 Å². The number of nitrogens with zero attached hydrogens (tertiary/aromatic N) is 4. The molecule has 0 saturated carbocycles. The van der Waals surface area contributed by atoms with Crippen LogP contribution in [-0.2, 0) is 32.2 Å². The predicted octanol–water partition coefficient (Wildman–Crippen LogP) is 7.12. The van der Waals surface area contributed by atoms with E-state index in [0.717, 1.165) is 23.3 Å². The van der Waals surface area contributed by atoms with Crippen LogP contribution >= 0.6 is 0 Å². The number of fused-ring (bicyclic) bond motifs is 2. The van der Waals surface area contributed by atoms with Gasteiger partial charge in [-0.3, -0.25) is 9.80 Å². The molecule has 3 aromatic rings. The van der Waals surface area contributed by atoms with Gasteiger partial charge in [0, 0.05) is 19.2 Å². The minimum Gasteiger partial charge on any atom is -0.486 e. The van der Waals surface area contributed by atoms with Gasteiger partial charge >= 0.3 is 24.4 Å². The Balaban J connectivity index is 0.000000209. The Morgan fingerprint density at radius 2 is 1.08 bits per heavy atom. The van der Waals surface area contributed by atoms with Crippen molar-refractivity contribution >= 4 is 24.4 Å². The topological polar surface area (TPSA) is 148 Å². The van der Waals surface area contributed by atoms with Gasteiger partial charge in [0.25, 0.3) is 0 Å². The lowest BCUT2D eigenvalue weighted by Crippen LogP contribution is -2.47. The Labute approximate surface area is 348 Å². The number of ether oxygens (including phenoxy) is 5. The number of likely N-dealkylation sites (tertiary alicyclic amines) is 4. The third-order valence-electron chi connectivity index (χ3n) is 10.5. The summed E-state index contributed by atoms with van der Waals surface area (Å²) in [6.45, 7) is 12.1. The van der Waals surface area contributed by atoms with Gasteiger partial charge < -0.3 is 38.6 Å². The van der Waals surface area contributed by atoms with Crippen LogP contribution in [-0.4, -0.2) is 123 Å². The molecule has 4 aliphatic heterocycles. The maximum Gasteiger partial charge on any atom is 0.410 e. The smallest absolute Gasteiger partial charge is 0.410 e. The molecular formula is C44H54F2N4O10. The van der Waals surface area contributed by atoms with Crippen molar-refractivity contribution in [2.24, 2.45) is 0 Å². The van der Waals surface area contributed by atoms with E-state index in [0.29, 0.717) is 25.9 Å². The summed E-state index contributed by atoms with van der Waals surface area (Å²) in [5, 5.41) is 10.4. The summed E-state index contributed by atoms with van der Waals surface area (Å²) in [6, 6.07) is 20.4. The Kier molecular flexibility index (Phi) is 13.4. The second-order valence-corrected chi connectivity index (χ2v) is 17.2. The molecule has 16 heteroatoms. The number of aliphatic hydroxyl groups is 1. The zero-order valence-electron chi connectivity index (χ0n) is 34.8. The van der Waals surface area contributed by atoms with Crippen LogP contribution in [0.3, 0.4) is 0 Å². The molecule has 4 amide bonds. The molecule has 7 rings (SSSR count). The quantitative estimate of drug-likeness (QED) is 0.255. The second kappa shape index (κ2) is 18.3. The zero-order chi connectivity index (χ0) is 43.4. The molecule has 4 fully saturated rings. The minimum atomic E-state index is -1.04. The van der Waals surface area contributed by atoms with Crippen LogP contribution < -0.4 is 4.74 Å². The second-order valence-electron chi connectivity index (χ2n) is 17.2. The largest absolute Gasteiger partial charge is 0.486 e. The Hall–Kier alpha value is -5.64. The van der Waals surface area contributed by atoms with Crippen molar-refractivity contribution in [3.8, 4) is 5.75 Å². The average molecular weight is 837 g/mol. The lowest BCUT2D eigenvalue weighted by molar-refractivity contribution is 0.0201. The number of amides is 4. The molecule has 0 spiro atoms. The predicted molar refractivity (Wildman–Crippen MR) is 214 cm³/mol. The molecular weight excluding hydrogens is 782 g/mol. The summed E-state index contributed by atoms with van der Waals surface area (Å²) >= 11 is 0. The molecule has 4 saturated heterocycles. The van der Waals surface area contributed by atoms with Gasteiger partial charge in [0.15, 0.2) is 11.6 Å². The first kappa shape index (κ1) is 43.9. The zero-order valence-corrected chi connectivity index (χ0v) is 34.8. The van der Waals surface area contributed by atoms with E-state index in [9.17, 15) is 33.1 Å². The lowest BCUT2D eigenvalue weighted by Gasteiger charge is -2.28. The maximum atomic E-state index is 13.8. The molecule has 1 N–H and O–H groups in total. The Bertz CT molecular complexity index is 1980. The molecule has 0 unspecified atom stereocenters. The first-order valence-electron chi connectivity index (χ1n) is 20.1. The van der Waals surface area contributed by atoms with Crippen LogP contribution in [0.2, 0.25) is 0 Å². The summed E-state index contributed by atoms with van der Waals surface area (Å²) in [5.41, 5.74) is 0.452. The van der Waals surface area contributed by atoms with E-state index in [1.54, 1.807) is 51.3 Å². The minimum absolute atomic E-state index is 0.109. The molecule has 324 valence electrons. The van der Waals surface area contributed by atoms with Crippen LogP contribution in [0, 0.1) is 11.6 Å². The van der Waals surface area contributed by atoms with Crippen molar-refractivity contribution in [2.45, 2.75) is 115 Å². The van der Waals surface area contributed by atoms with E-state index in [1.807, 2.05) is 60.7 Å². The van der Waals surface area contributed by atoms with E-state index in [-0.39, 0.29) is 44.1 Å². The molecule has 60 heavy (non-hydrogen) atoms. The first-order chi connectivity index (χ1) is 28.4. The van der Waals surface area contributed by atoms with Gasteiger partial charge in [-0.15, -0.1) is 0 Å². The maximum absolute atomic E-state index is 13.8. The van der Waals surface area contributed by atoms with Gasteiger partial charge in [-0.2, -0.15) is 0 Å².